The summed E-state index contributed by atoms with van der Waals surface area (Å²) in [5.41, 5.74) is 1.42. The topological polar surface area (TPSA) is 69.6 Å². The van der Waals surface area contributed by atoms with E-state index in [-0.39, 0.29) is 0 Å². The lowest BCUT2D eigenvalue weighted by Crippen LogP contribution is -1.99. The summed E-state index contributed by atoms with van der Waals surface area (Å²) in [6.45, 7) is 1.95. The second-order valence-electron chi connectivity index (χ2n) is 3.83. The first-order valence-electron chi connectivity index (χ1n) is 5.35. The van der Waals surface area contributed by atoms with Crippen LogP contribution in [0.2, 0.25) is 0 Å². The average molecular weight is 251 g/mol. The van der Waals surface area contributed by atoms with Gasteiger partial charge in [0.15, 0.2) is 0 Å². The fourth-order valence-corrected chi connectivity index (χ4v) is 2.44. The van der Waals surface area contributed by atoms with Gasteiger partial charge in [-0.15, -0.1) is 0 Å². The highest BCUT2D eigenvalue weighted by molar-refractivity contribution is 7.53. The molecule has 0 fully saturated rings. The van der Waals surface area contributed by atoms with Crippen molar-refractivity contribution in [3.05, 3.63) is 42.0 Å². The van der Waals surface area contributed by atoms with Crippen molar-refractivity contribution in [1.82, 2.24) is 0 Å². The van der Waals surface area contributed by atoms with Crippen LogP contribution in [0.5, 0.6) is 0 Å². The monoisotopic (exact) mass is 251 g/mol. The average Bonchev–Trinajstić information content (AvgIpc) is 2.28. The minimum absolute atomic E-state index is 0.527. The molecule has 17 heavy (non-hydrogen) atoms. The summed E-state index contributed by atoms with van der Waals surface area (Å²) in [6, 6.07) is 11.4. The van der Waals surface area contributed by atoms with Crippen molar-refractivity contribution in [2.45, 2.75) is 13.3 Å². The highest BCUT2D eigenvalue weighted by Gasteiger charge is 2.16. The minimum Gasteiger partial charge on any atom is -0.308 e. The van der Waals surface area contributed by atoms with Gasteiger partial charge in [-0.1, -0.05) is 43.3 Å². The van der Waals surface area contributed by atoms with Crippen LogP contribution in [-0.4, -0.2) is 9.79 Å². The van der Waals surface area contributed by atoms with E-state index in [1.165, 1.54) is 0 Å². The normalized spacial score (nSPS) is 11.7. The zero-order valence-corrected chi connectivity index (χ0v) is 10.3. The smallest absolute Gasteiger partial charge is 0.308 e. The van der Waals surface area contributed by atoms with Crippen LogP contribution in [0.25, 0.3) is 10.8 Å². The van der Waals surface area contributed by atoms with E-state index in [0.29, 0.717) is 12.1 Å². The van der Waals surface area contributed by atoms with E-state index < -0.39 is 7.75 Å². The van der Waals surface area contributed by atoms with E-state index in [9.17, 15) is 4.57 Å². The molecule has 0 aliphatic heterocycles. The molecule has 0 radical (unpaired) electrons. The Bertz CT molecular complexity index is 591. The van der Waals surface area contributed by atoms with Crippen molar-refractivity contribution in [3.8, 4) is 0 Å². The standard InChI is InChI=1S/C12H14NO3P/c1-2-9-7-8-10-5-3-4-6-11(10)12(9)13-17(14,15)16/h3-8H,2H2,1H3,(H3,13,14,15,16). The molecule has 0 aliphatic rings. The number of hydrogen-bond acceptors (Lipinski definition) is 1. The third-order valence-corrected chi connectivity index (χ3v) is 3.17. The Balaban J connectivity index is 2.67. The first-order valence-corrected chi connectivity index (χ1v) is 6.97. The van der Waals surface area contributed by atoms with Crippen LogP contribution in [0.4, 0.5) is 5.69 Å². The maximum Gasteiger partial charge on any atom is 0.427 e. The zero-order chi connectivity index (χ0) is 12.5. The van der Waals surface area contributed by atoms with E-state index in [1.54, 1.807) is 0 Å². The summed E-state index contributed by atoms with van der Waals surface area (Å²) in [7, 11) is -4.28. The van der Waals surface area contributed by atoms with Gasteiger partial charge in [0.2, 0.25) is 0 Å². The Labute approximate surface area is 99.5 Å². The highest BCUT2D eigenvalue weighted by Crippen LogP contribution is 2.40. The van der Waals surface area contributed by atoms with Gasteiger partial charge in [0, 0.05) is 5.39 Å². The first kappa shape index (κ1) is 12.1. The largest absolute Gasteiger partial charge is 0.427 e. The van der Waals surface area contributed by atoms with Crippen molar-refractivity contribution in [2.75, 3.05) is 5.09 Å². The molecule has 0 atom stereocenters. The zero-order valence-electron chi connectivity index (χ0n) is 9.42. The Hall–Kier alpha value is -1.35. The molecular formula is C12H14NO3P. The van der Waals surface area contributed by atoms with Crippen molar-refractivity contribution in [2.24, 2.45) is 0 Å². The van der Waals surface area contributed by atoms with Crippen molar-refractivity contribution in [3.63, 3.8) is 0 Å². The Morgan fingerprint density at radius 3 is 2.53 bits per heavy atom. The quantitative estimate of drug-likeness (QED) is 0.733. The Kier molecular flexibility index (Phi) is 3.20. The maximum absolute atomic E-state index is 11.1. The molecule has 0 amide bonds. The number of hydrogen-bond donors (Lipinski definition) is 3. The van der Waals surface area contributed by atoms with Crippen LogP contribution in [0.3, 0.4) is 0 Å². The predicted molar refractivity (Wildman–Crippen MR) is 69.0 cm³/mol. The second kappa shape index (κ2) is 4.49. The molecule has 5 heteroatoms. The number of nitrogens with one attached hydrogen (secondary N) is 1. The predicted octanol–water partition coefficient (Wildman–Crippen LogP) is 2.91. The summed E-state index contributed by atoms with van der Waals surface area (Å²) < 4.78 is 11.1. The van der Waals surface area contributed by atoms with Gasteiger partial charge in [-0.2, -0.15) is 0 Å². The van der Waals surface area contributed by atoms with Crippen molar-refractivity contribution < 1.29 is 14.4 Å². The minimum atomic E-state index is -4.28. The molecule has 0 bridgehead atoms. The van der Waals surface area contributed by atoms with Crippen LogP contribution in [0, 0.1) is 0 Å². The van der Waals surface area contributed by atoms with Crippen molar-refractivity contribution in [1.29, 1.82) is 0 Å². The molecule has 2 aromatic rings. The molecule has 0 aromatic heterocycles. The summed E-state index contributed by atoms with van der Waals surface area (Å²) >= 11 is 0. The fourth-order valence-electron chi connectivity index (χ4n) is 1.89. The molecule has 2 rings (SSSR count). The van der Waals surface area contributed by atoms with Gasteiger partial charge in [0.05, 0.1) is 5.69 Å². The second-order valence-corrected chi connectivity index (χ2v) is 5.14. The van der Waals surface area contributed by atoms with E-state index in [0.717, 1.165) is 16.3 Å². The highest BCUT2D eigenvalue weighted by atomic mass is 31.2. The SMILES string of the molecule is CCc1ccc2ccccc2c1NP(=O)(O)O. The number of fused-ring (bicyclic) bond motifs is 1. The number of benzene rings is 2. The lowest BCUT2D eigenvalue weighted by Gasteiger charge is -2.14. The molecular weight excluding hydrogens is 237 g/mol. The first-order chi connectivity index (χ1) is 8.01. The number of aryl methyl sites for hydroxylation is 1. The summed E-state index contributed by atoms with van der Waals surface area (Å²) in [6.07, 6.45) is 0.715. The number of anilines is 1. The van der Waals surface area contributed by atoms with Gasteiger partial charge in [0.25, 0.3) is 0 Å². The lowest BCUT2D eigenvalue weighted by molar-refractivity contribution is 0.380. The van der Waals surface area contributed by atoms with E-state index >= 15 is 0 Å². The molecule has 90 valence electrons. The Morgan fingerprint density at radius 1 is 1.18 bits per heavy atom. The third-order valence-electron chi connectivity index (χ3n) is 2.65. The third kappa shape index (κ3) is 2.67. The van der Waals surface area contributed by atoms with E-state index in [4.69, 9.17) is 9.79 Å². The van der Waals surface area contributed by atoms with Gasteiger partial charge in [-0.3, -0.25) is 5.09 Å². The van der Waals surface area contributed by atoms with Crippen LogP contribution in [0.1, 0.15) is 12.5 Å². The number of rotatable bonds is 3. The molecule has 0 aliphatic carbocycles. The maximum atomic E-state index is 11.1. The van der Waals surface area contributed by atoms with Crippen LogP contribution in [-0.2, 0) is 11.0 Å². The van der Waals surface area contributed by atoms with E-state index in [2.05, 4.69) is 5.09 Å². The molecule has 0 unspecified atom stereocenters. The molecule has 0 spiro atoms. The summed E-state index contributed by atoms with van der Waals surface area (Å²) in [5, 5.41) is 4.10. The molecule has 0 heterocycles. The molecule has 2 aromatic carbocycles. The molecule has 0 saturated carbocycles. The van der Waals surface area contributed by atoms with Crippen molar-refractivity contribution >= 4 is 24.2 Å². The van der Waals surface area contributed by atoms with E-state index in [1.807, 2.05) is 43.3 Å². The van der Waals surface area contributed by atoms with Gasteiger partial charge in [0.1, 0.15) is 0 Å². The Morgan fingerprint density at radius 2 is 1.88 bits per heavy atom. The van der Waals surface area contributed by atoms with Crippen LogP contribution >= 0.6 is 7.75 Å². The van der Waals surface area contributed by atoms with Gasteiger partial charge >= 0.3 is 7.75 Å². The van der Waals surface area contributed by atoms with Gasteiger partial charge < -0.3 is 9.79 Å². The van der Waals surface area contributed by atoms with Crippen LogP contribution in [0.15, 0.2) is 36.4 Å². The molecule has 4 nitrogen and oxygen atoms in total. The van der Waals surface area contributed by atoms with Crippen LogP contribution < -0.4 is 5.09 Å². The lowest BCUT2D eigenvalue weighted by atomic mass is 10.0. The molecule has 0 saturated heterocycles. The fraction of sp³-hybridized carbons (Fsp3) is 0.167. The molecule has 3 N–H and O–H groups in total. The van der Waals surface area contributed by atoms with Gasteiger partial charge in [-0.25, -0.2) is 4.57 Å². The van der Waals surface area contributed by atoms with Gasteiger partial charge in [-0.05, 0) is 17.4 Å². The summed E-state index contributed by atoms with van der Waals surface area (Å²) in [4.78, 5) is 18.1. The summed E-state index contributed by atoms with van der Waals surface area (Å²) in [5.74, 6) is 0.